The van der Waals surface area contributed by atoms with Gasteiger partial charge in [-0.25, -0.2) is 9.37 Å². The Bertz CT molecular complexity index is 1070. The Balaban J connectivity index is 1.67. The summed E-state index contributed by atoms with van der Waals surface area (Å²) in [6.07, 6.45) is 9.18. The van der Waals surface area contributed by atoms with E-state index in [1.54, 1.807) is 17.1 Å². The third-order valence-electron chi connectivity index (χ3n) is 7.93. The molecule has 0 spiro atoms. The molecular formula is C24H30BFN4O2. The number of amides is 1. The Kier molecular flexibility index (Phi) is 5.59. The van der Waals surface area contributed by atoms with Crippen molar-refractivity contribution < 1.29 is 13.6 Å². The van der Waals surface area contributed by atoms with Crippen LogP contribution < -0.4 is 0 Å². The highest BCUT2D eigenvalue weighted by Crippen LogP contribution is 2.66. The van der Waals surface area contributed by atoms with E-state index in [2.05, 4.69) is 18.8 Å². The van der Waals surface area contributed by atoms with E-state index in [0.717, 1.165) is 30.3 Å². The first kappa shape index (κ1) is 22.4. The van der Waals surface area contributed by atoms with Crippen LogP contribution in [0, 0.1) is 27.6 Å². The van der Waals surface area contributed by atoms with Crippen LogP contribution in [0.2, 0.25) is 0 Å². The molecule has 1 aromatic heterocycles. The maximum absolute atomic E-state index is 14.5. The molecule has 168 valence electrons. The van der Waals surface area contributed by atoms with Crippen LogP contribution in [-0.4, -0.2) is 48.2 Å². The number of fused-ring (bicyclic) bond motifs is 2. The summed E-state index contributed by atoms with van der Waals surface area (Å²) in [4.78, 5) is 18.6. The molecule has 32 heavy (non-hydrogen) atoms. The summed E-state index contributed by atoms with van der Waals surface area (Å²) in [5.41, 5.74) is 1.88. The minimum atomic E-state index is -0.521. The van der Waals surface area contributed by atoms with Crippen molar-refractivity contribution in [3.8, 4) is 0 Å². The zero-order valence-corrected chi connectivity index (χ0v) is 19.2. The Morgan fingerprint density at radius 3 is 2.84 bits per heavy atom. The molecule has 0 radical (unpaired) electrons. The van der Waals surface area contributed by atoms with E-state index in [1.807, 2.05) is 14.8 Å². The molecule has 2 atom stereocenters. The summed E-state index contributed by atoms with van der Waals surface area (Å²) < 4.78 is 19.7. The van der Waals surface area contributed by atoms with Gasteiger partial charge in [0.25, 0.3) is 5.89 Å². The van der Waals surface area contributed by atoms with Gasteiger partial charge in [0.15, 0.2) is 0 Å². The SMILES string of the molecule is BC1=C(C(=N)/C=C2\C(=N)C3(CN(CC)C(=O)c4ncco4)CC[C@@H]2C3(C)C)C(F)=CCC1. The molecule has 8 heteroatoms. The van der Waals surface area contributed by atoms with Crippen LogP contribution in [0.15, 0.2) is 51.5 Å². The Hall–Kier alpha value is -2.77. The van der Waals surface area contributed by atoms with Crippen molar-refractivity contribution in [1.82, 2.24) is 9.88 Å². The number of nitrogens with one attached hydrogen (secondary N) is 2. The first-order valence-electron chi connectivity index (χ1n) is 11.3. The number of hydrogen-bond donors (Lipinski definition) is 2. The average molecular weight is 436 g/mol. The Morgan fingerprint density at radius 2 is 2.22 bits per heavy atom. The molecule has 6 nitrogen and oxygen atoms in total. The lowest BCUT2D eigenvalue weighted by atomic mass is 9.68. The van der Waals surface area contributed by atoms with Crippen molar-refractivity contribution in [2.24, 2.45) is 16.7 Å². The predicted octanol–water partition coefficient (Wildman–Crippen LogP) is 4.07. The van der Waals surface area contributed by atoms with Crippen LogP contribution in [0.5, 0.6) is 0 Å². The van der Waals surface area contributed by atoms with Crippen LogP contribution in [0.1, 0.15) is 57.1 Å². The highest BCUT2D eigenvalue weighted by molar-refractivity contribution is 6.28. The van der Waals surface area contributed by atoms with E-state index in [9.17, 15) is 9.18 Å². The molecule has 2 bridgehead atoms. The van der Waals surface area contributed by atoms with Crippen LogP contribution in [0.3, 0.4) is 0 Å². The number of carbonyl (C=O) groups is 1. The molecular weight excluding hydrogens is 406 g/mol. The third-order valence-corrected chi connectivity index (χ3v) is 7.93. The zero-order valence-electron chi connectivity index (χ0n) is 19.2. The van der Waals surface area contributed by atoms with Crippen molar-refractivity contribution in [2.75, 3.05) is 13.1 Å². The van der Waals surface area contributed by atoms with Gasteiger partial charge in [0.1, 0.15) is 19.9 Å². The van der Waals surface area contributed by atoms with E-state index in [0.29, 0.717) is 30.8 Å². The number of nitrogens with zero attached hydrogens (tertiary/aromatic N) is 2. The summed E-state index contributed by atoms with van der Waals surface area (Å²) in [5.74, 6) is -0.464. The fourth-order valence-corrected chi connectivity index (χ4v) is 5.93. The number of allylic oxidation sites excluding steroid dienone is 6. The van der Waals surface area contributed by atoms with Crippen molar-refractivity contribution in [2.45, 2.75) is 46.5 Å². The lowest BCUT2D eigenvalue weighted by molar-refractivity contribution is 0.0592. The van der Waals surface area contributed by atoms with Crippen molar-refractivity contribution in [1.29, 1.82) is 10.8 Å². The van der Waals surface area contributed by atoms with Gasteiger partial charge in [-0.3, -0.25) is 4.79 Å². The van der Waals surface area contributed by atoms with Gasteiger partial charge in [0.05, 0.1) is 11.9 Å². The molecule has 4 rings (SSSR count). The van der Waals surface area contributed by atoms with Crippen molar-refractivity contribution in [3.05, 3.63) is 52.9 Å². The molecule has 2 fully saturated rings. The third kappa shape index (κ3) is 3.23. The van der Waals surface area contributed by atoms with Crippen molar-refractivity contribution in [3.63, 3.8) is 0 Å². The fraction of sp³-hybridized carbons (Fsp3) is 0.500. The maximum atomic E-state index is 14.5. The second-order valence-electron chi connectivity index (χ2n) is 9.69. The fourth-order valence-electron chi connectivity index (χ4n) is 5.93. The summed E-state index contributed by atoms with van der Waals surface area (Å²) in [5, 5.41) is 17.7. The lowest BCUT2D eigenvalue weighted by Crippen LogP contribution is -2.48. The Morgan fingerprint density at radius 1 is 1.47 bits per heavy atom. The number of oxazole rings is 1. The number of halogens is 1. The second-order valence-corrected chi connectivity index (χ2v) is 9.69. The van der Waals surface area contributed by atoms with E-state index in [-0.39, 0.29) is 34.7 Å². The van der Waals surface area contributed by atoms with Gasteiger partial charge in [-0.05, 0) is 61.7 Å². The molecule has 1 amide bonds. The summed E-state index contributed by atoms with van der Waals surface area (Å²) in [7, 11) is 1.87. The molecule has 1 heterocycles. The molecule has 3 aliphatic carbocycles. The van der Waals surface area contributed by atoms with Gasteiger partial charge in [-0.2, -0.15) is 0 Å². The maximum Gasteiger partial charge on any atom is 0.309 e. The number of carbonyl (C=O) groups excluding carboxylic acids is 1. The number of hydrogen-bond acceptors (Lipinski definition) is 5. The van der Waals surface area contributed by atoms with Crippen LogP contribution in [0.25, 0.3) is 0 Å². The smallest absolute Gasteiger partial charge is 0.309 e. The summed E-state index contributed by atoms with van der Waals surface area (Å²) >= 11 is 0. The standard InChI is InChI=1S/C24H30BFN4O2/c1-4-30(22(31)21-29-10-11-32-21)13-24-9-8-15(23(24,2)3)14(20(24)28)12-18(27)19-16(25)6-5-7-17(19)26/h7,10-12,15,27-28H,4-6,8-9,13,25H2,1-3H3/b14-12-,27-18?,28-20?/t15-,24?/m0/s1. The van der Waals surface area contributed by atoms with Crippen molar-refractivity contribution >= 4 is 25.2 Å². The van der Waals surface area contributed by atoms with E-state index >= 15 is 0 Å². The quantitative estimate of drug-likeness (QED) is 0.520. The minimum absolute atomic E-state index is 0.0552. The monoisotopic (exact) mass is 436 g/mol. The van der Waals surface area contributed by atoms with Gasteiger partial charge in [-0.1, -0.05) is 19.3 Å². The van der Waals surface area contributed by atoms with E-state index in [4.69, 9.17) is 15.2 Å². The predicted molar refractivity (Wildman–Crippen MR) is 125 cm³/mol. The lowest BCUT2D eigenvalue weighted by Gasteiger charge is -2.41. The van der Waals surface area contributed by atoms with Crippen LogP contribution in [-0.2, 0) is 0 Å². The van der Waals surface area contributed by atoms with Gasteiger partial charge in [0, 0.05) is 29.8 Å². The molecule has 0 aromatic carbocycles. The van der Waals surface area contributed by atoms with E-state index in [1.165, 1.54) is 12.5 Å². The topological polar surface area (TPSA) is 94.0 Å². The summed E-state index contributed by atoms with van der Waals surface area (Å²) in [6.45, 7) is 7.09. The summed E-state index contributed by atoms with van der Waals surface area (Å²) in [6, 6.07) is 0. The Labute approximate surface area is 189 Å². The van der Waals surface area contributed by atoms with Gasteiger partial charge >= 0.3 is 5.91 Å². The van der Waals surface area contributed by atoms with E-state index < -0.39 is 5.41 Å². The van der Waals surface area contributed by atoms with Crippen LogP contribution in [0.4, 0.5) is 4.39 Å². The molecule has 1 unspecified atom stereocenters. The molecule has 2 saturated carbocycles. The highest BCUT2D eigenvalue weighted by atomic mass is 19.1. The number of rotatable bonds is 6. The first-order chi connectivity index (χ1) is 15.1. The average Bonchev–Trinajstić information content (AvgIpc) is 3.39. The zero-order chi connectivity index (χ0) is 23.3. The minimum Gasteiger partial charge on any atom is -0.441 e. The largest absolute Gasteiger partial charge is 0.441 e. The highest BCUT2D eigenvalue weighted by Gasteiger charge is 2.65. The first-order valence-corrected chi connectivity index (χ1v) is 11.3. The van der Waals surface area contributed by atoms with Gasteiger partial charge < -0.3 is 20.1 Å². The molecule has 3 aliphatic rings. The van der Waals surface area contributed by atoms with Gasteiger partial charge in [0.2, 0.25) is 0 Å². The second kappa shape index (κ2) is 7.98. The molecule has 2 N–H and O–H groups in total. The van der Waals surface area contributed by atoms with Crippen LogP contribution >= 0.6 is 0 Å². The van der Waals surface area contributed by atoms with Gasteiger partial charge in [-0.15, -0.1) is 0 Å². The molecule has 0 aliphatic heterocycles. The molecule has 1 aromatic rings. The number of aromatic nitrogens is 1. The normalized spacial score (nSPS) is 27.8. The molecule has 0 saturated heterocycles.